The SMILES string of the molecule is CC(C)OC(=O)C(C)NP(=O)(OCC1(F)OC(n2ccc(=S)[nH]c2=O)C(C)(F)C1O)Oc1ccccc1. The minimum atomic E-state index is -4.56. The number of H-pyrrole nitrogens is 1. The first-order valence-corrected chi connectivity index (χ1v) is 13.1. The monoisotopic (exact) mass is 563 g/mol. The van der Waals surface area contributed by atoms with Crippen LogP contribution in [0.3, 0.4) is 0 Å². The summed E-state index contributed by atoms with van der Waals surface area (Å²) < 4.78 is 66.4. The Morgan fingerprint density at radius 2 is 1.95 bits per heavy atom. The molecule has 0 radical (unpaired) electrons. The smallest absolute Gasteiger partial charge is 0.459 e. The number of nitrogens with one attached hydrogen (secondary N) is 2. The second kappa shape index (κ2) is 11.1. The lowest BCUT2D eigenvalue weighted by Gasteiger charge is -2.28. The van der Waals surface area contributed by atoms with Gasteiger partial charge in [0, 0.05) is 6.20 Å². The fourth-order valence-corrected chi connectivity index (χ4v) is 5.14. The van der Waals surface area contributed by atoms with E-state index in [0.29, 0.717) is 4.57 Å². The lowest BCUT2D eigenvalue weighted by Crippen LogP contribution is -2.47. The van der Waals surface area contributed by atoms with Gasteiger partial charge in [-0.3, -0.25) is 18.9 Å². The van der Waals surface area contributed by atoms with E-state index < -0.39 is 62.0 Å². The highest BCUT2D eigenvalue weighted by Gasteiger charge is 2.65. The normalized spacial score (nSPS) is 28.0. The molecule has 0 spiro atoms. The molecule has 0 saturated carbocycles. The number of carbonyl (C=O) groups excluding carboxylic acids is 1. The van der Waals surface area contributed by atoms with Gasteiger partial charge in [-0.25, -0.2) is 18.1 Å². The molecule has 3 N–H and O–H groups in total. The lowest BCUT2D eigenvalue weighted by atomic mass is 9.97. The van der Waals surface area contributed by atoms with Crippen molar-refractivity contribution in [3.63, 3.8) is 0 Å². The van der Waals surface area contributed by atoms with Crippen molar-refractivity contribution in [3.8, 4) is 5.75 Å². The number of aliphatic hydroxyl groups excluding tert-OH is 1. The fraction of sp³-hybridized carbons (Fsp3) is 0.500. The van der Waals surface area contributed by atoms with Crippen LogP contribution in [0.25, 0.3) is 0 Å². The number of carbonyl (C=O) groups is 1. The van der Waals surface area contributed by atoms with E-state index in [0.717, 1.165) is 13.1 Å². The van der Waals surface area contributed by atoms with E-state index in [4.69, 9.17) is 30.7 Å². The summed E-state index contributed by atoms with van der Waals surface area (Å²) in [7, 11) is -4.56. The van der Waals surface area contributed by atoms with Crippen molar-refractivity contribution < 1.29 is 41.8 Å². The molecule has 0 amide bonds. The summed E-state index contributed by atoms with van der Waals surface area (Å²) in [6.07, 6.45) is -3.81. The van der Waals surface area contributed by atoms with Gasteiger partial charge in [-0.1, -0.05) is 30.4 Å². The van der Waals surface area contributed by atoms with Gasteiger partial charge in [0.2, 0.25) is 0 Å². The van der Waals surface area contributed by atoms with Crippen LogP contribution in [-0.2, 0) is 23.4 Å². The number of nitrogens with zero attached hydrogens (tertiary/aromatic N) is 1. The Kier molecular flexibility index (Phi) is 8.72. The van der Waals surface area contributed by atoms with Crippen LogP contribution in [0.4, 0.5) is 8.78 Å². The predicted octanol–water partition coefficient (Wildman–Crippen LogP) is 3.32. The van der Waals surface area contributed by atoms with Gasteiger partial charge in [0.1, 0.15) is 23.0 Å². The van der Waals surface area contributed by atoms with Crippen LogP contribution < -0.4 is 15.3 Å². The first kappa shape index (κ1) is 29.1. The summed E-state index contributed by atoms with van der Waals surface area (Å²) in [5, 5.41) is 12.8. The third kappa shape index (κ3) is 6.70. The highest BCUT2D eigenvalue weighted by atomic mass is 32.1. The minimum absolute atomic E-state index is 0.0443. The fourth-order valence-electron chi connectivity index (χ4n) is 3.48. The van der Waals surface area contributed by atoms with Gasteiger partial charge in [-0.15, -0.1) is 0 Å². The molecule has 1 aliphatic heterocycles. The molecule has 1 saturated heterocycles. The Labute approximate surface area is 216 Å². The standard InChI is InChI=1S/C22H28F2N3O8PS/c1-13(2)33-17(28)14(3)26-36(31,35-15-8-6-5-7-9-15)32-12-22(24)18(29)21(4,23)19(34-22)27-11-10-16(37)25-20(27)30/h5-11,13-14,18-19,29H,12H2,1-4H3,(H,26,31)(H,25,30,37). The molecular formula is C22H28F2N3O8PS. The van der Waals surface area contributed by atoms with E-state index in [1.807, 2.05) is 0 Å². The van der Waals surface area contributed by atoms with Crippen molar-refractivity contribution in [2.24, 2.45) is 0 Å². The number of aromatic amines is 1. The molecule has 1 aromatic heterocycles. The summed E-state index contributed by atoms with van der Waals surface area (Å²) in [5.41, 5.74) is -3.74. The number of ether oxygens (including phenoxy) is 2. The molecule has 0 bridgehead atoms. The van der Waals surface area contributed by atoms with Crippen LogP contribution in [0.2, 0.25) is 0 Å². The molecule has 1 fully saturated rings. The van der Waals surface area contributed by atoms with Crippen molar-refractivity contribution in [2.45, 2.75) is 63.7 Å². The zero-order chi connectivity index (χ0) is 27.6. The maximum Gasteiger partial charge on any atom is 0.459 e. The molecule has 0 aliphatic carbocycles. The van der Waals surface area contributed by atoms with Crippen molar-refractivity contribution in [3.05, 3.63) is 57.7 Å². The Balaban J connectivity index is 1.86. The summed E-state index contributed by atoms with van der Waals surface area (Å²) in [6, 6.07) is 7.68. The quantitative estimate of drug-likeness (QED) is 0.224. The molecule has 204 valence electrons. The van der Waals surface area contributed by atoms with Crippen molar-refractivity contribution in [2.75, 3.05) is 6.61 Å². The topological polar surface area (TPSA) is 141 Å². The first-order valence-electron chi connectivity index (χ1n) is 11.2. The number of hydrogen-bond donors (Lipinski definition) is 3. The molecule has 6 unspecified atom stereocenters. The summed E-state index contributed by atoms with van der Waals surface area (Å²) in [4.78, 5) is 26.8. The van der Waals surface area contributed by atoms with E-state index in [2.05, 4.69) is 10.1 Å². The third-order valence-corrected chi connectivity index (χ3v) is 7.16. The molecule has 2 aromatic rings. The number of halogens is 2. The van der Waals surface area contributed by atoms with E-state index in [1.165, 1.54) is 25.1 Å². The van der Waals surface area contributed by atoms with Gasteiger partial charge in [-0.05, 0) is 45.9 Å². The van der Waals surface area contributed by atoms with Crippen molar-refractivity contribution in [1.82, 2.24) is 14.6 Å². The van der Waals surface area contributed by atoms with Crippen LogP contribution in [0.15, 0.2) is 47.4 Å². The number of alkyl halides is 2. The molecule has 37 heavy (non-hydrogen) atoms. The molecule has 6 atom stereocenters. The van der Waals surface area contributed by atoms with E-state index >= 15 is 8.78 Å². The summed E-state index contributed by atoms with van der Waals surface area (Å²) in [6.45, 7) is 4.08. The zero-order valence-corrected chi connectivity index (χ0v) is 22.1. The second-order valence-corrected chi connectivity index (χ2v) is 11.0. The van der Waals surface area contributed by atoms with Gasteiger partial charge in [0.25, 0.3) is 5.85 Å². The van der Waals surface area contributed by atoms with Crippen molar-refractivity contribution >= 4 is 25.9 Å². The maximum atomic E-state index is 15.8. The van der Waals surface area contributed by atoms with Crippen LogP contribution in [0.1, 0.15) is 33.9 Å². The Bertz CT molecular complexity index is 1270. The third-order valence-electron chi connectivity index (χ3n) is 5.29. The second-order valence-electron chi connectivity index (χ2n) is 8.84. The molecule has 15 heteroatoms. The molecular weight excluding hydrogens is 535 g/mol. The number of aromatic nitrogens is 2. The van der Waals surface area contributed by atoms with Gasteiger partial charge >= 0.3 is 19.4 Å². The number of hydrogen-bond acceptors (Lipinski definition) is 9. The zero-order valence-electron chi connectivity index (χ0n) is 20.4. The van der Waals surface area contributed by atoms with Crippen LogP contribution >= 0.6 is 20.0 Å². The van der Waals surface area contributed by atoms with Gasteiger partial charge < -0.3 is 19.1 Å². The number of para-hydroxylation sites is 1. The van der Waals surface area contributed by atoms with E-state index in [9.17, 15) is 19.3 Å². The molecule has 1 aliphatic rings. The summed E-state index contributed by atoms with van der Waals surface area (Å²) in [5.74, 6) is -4.03. The first-order chi connectivity index (χ1) is 17.2. The average Bonchev–Trinajstić information content (AvgIpc) is 2.98. The number of esters is 1. The van der Waals surface area contributed by atoms with Gasteiger partial charge in [-0.2, -0.15) is 5.09 Å². The predicted molar refractivity (Wildman–Crippen MR) is 130 cm³/mol. The van der Waals surface area contributed by atoms with Crippen molar-refractivity contribution in [1.29, 1.82) is 0 Å². The largest absolute Gasteiger partial charge is 0.462 e. The maximum absolute atomic E-state index is 15.8. The number of rotatable bonds is 10. The summed E-state index contributed by atoms with van der Waals surface area (Å²) >= 11 is 4.84. The van der Waals surface area contributed by atoms with Crippen LogP contribution in [0.5, 0.6) is 5.75 Å². The highest BCUT2D eigenvalue weighted by molar-refractivity contribution is 7.71. The molecule has 11 nitrogen and oxygen atoms in total. The number of aliphatic hydroxyl groups is 1. The molecule has 1 aromatic carbocycles. The van der Waals surface area contributed by atoms with E-state index in [-0.39, 0.29) is 10.4 Å². The lowest BCUT2D eigenvalue weighted by molar-refractivity contribution is -0.204. The Hall–Kier alpha value is -2.48. The minimum Gasteiger partial charge on any atom is -0.462 e. The van der Waals surface area contributed by atoms with Crippen LogP contribution in [0, 0.1) is 4.64 Å². The highest BCUT2D eigenvalue weighted by Crippen LogP contribution is 2.51. The average molecular weight is 564 g/mol. The number of benzene rings is 1. The van der Waals surface area contributed by atoms with Gasteiger partial charge in [0.05, 0.1) is 6.10 Å². The van der Waals surface area contributed by atoms with Gasteiger partial charge in [0.15, 0.2) is 18.0 Å². The molecule has 3 rings (SSSR count). The van der Waals surface area contributed by atoms with Crippen LogP contribution in [-0.4, -0.2) is 57.0 Å². The Morgan fingerprint density at radius 3 is 2.54 bits per heavy atom. The Morgan fingerprint density at radius 1 is 1.30 bits per heavy atom. The van der Waals surface area contributed by atoms with E-state index in [1.54, 1.807) is 32.0 Å². The molecule has 2 heterocycles.